The molecule has 0 aliphatic rings. The summed E-state index contributed by atoms with van der Waals surface area (Å²) in [4.78, 5) is 43.4. The first-order valence-electron chi connectivity index (χ1n) is 9.99. The summed E-state index contributed by atoms with van der Waals surface area (Å²) >= 11 is 0. The molecule has 0 amide bonds. The second kappa shape index (κ2) is 17.0. The van der Waals surface area contributed by atoms with Crippen LogP contribution in [-0.2, 0) is 28.7 Å². The second-order valence-electron chi connectivity index (χ2n) is 6.36. The van der Waals surface area contributed by atoms with E-state index in [0.29, 0.717) is 12.8 Å². The predicted molar refractivity (Wildman–Crippen MR) is 104 cm³/mol. The van der Waals surface area contributed by atoms with Crippen molar-refractivity contribution in [2.24, 2.45) is 5.41 Å². The highest BCUT2D eigenvalue weighted by Crippen LogP contribution is 2.33. The summed E-state index contributed by atoms with van der Waals surface area (Å²) in [6, 6.07) is 0. The molecule has 0 saturated heterocycles. The molecule has 0 rings (SSSR count). The van der Waals surface area contributed by atoms with E-state index in [9.17, 15) is 19.2 Å². The minimum Gasteiger partial charge on any atom is -0.481 e. The van der Waals surface area contributed by atoms with E-state index >= 15 is 0 Å². The number of hydrogen-bond donors (Lipinski definition) is 2. The fourth-order valence-corrected chi connectivity index (χ4v) is 2.63. The average Bonchev–Trinajstić information content (AvgIpc) is 2.61. The molecule has 8 nitrogen and oxygen atoms in total. The molecular weight excluding hydrogens is 368 g/mol. The number of carboxylic acid groups (broad SMARTS) is 2. The van der Waals surface area contributed by atoms with E-state index < -0.39 is 35.7 Å². The van der Waals surface area contributed by atoms with Crippen LogP contribution >= 0.6 is 0 Å². The van der Waals surface area contributed by atoms with E-state index in [1.54, 1.807) is 13.8 Å². The monoisotopic (exact) mass is 404 g/mol. The van der Waals surface area contributed by atoms with E-state index in [4.69, 9.17) is 19.7 Å². The van der Waals surface area contributed by atoms with Crippen LogP contribution < -0.4 is 0 Å². The van der Waals surface area contributed by atoms with Crippen LogP contribution in [0.1, 0.15) is 85.5 Å². The molecule has 0 radical (unpaired) electrons. The molecular formula is C20H36O8. The molecule has 2 N–H and O–H groups in total. The number of unbranched alkanes of at least 4 members (excludes halogenated alkanes) is 5. The molecule has 0 saturated carbocycles. The summed E-state index contributed by atoms with van der Waals surface area (Å²) < 4.78 is 10.2. The zero-order valence-corrected chi connectivity index (χ0v) is 17.6. The standard InChI is InChI=1S/C17H32O4.C3H4O4/c1-5-9-10-11-12-13-14-17(6-2,15(18)20-7-3)16(19)21-8-4;4-2(5)1-3(6)7/h5-14H2,1-4H3;1H2,(H,4,5)(H,6,7). The van der Waals surface area contributed by atoms with Crippen LogP contribution in [0.3, 0.4) is 0 Å². The highest BCUT2D eigenvalue weighted by molar-refractivity contribution is 6.00. The summed E-state index contributed by atoms with van der Waals surface area (Å²) in [5.41, 5.74) is -1.11. The maximum Gasteiger partial charge on any atom is 0.323 e. The Kier molecular flexibility index (Phi) is 17.1. The molecule has 8 heteroatoms. The first-order chi connectivity index (χ1) is 13.2. The van der Waals surface area contributed by atoms with Crippen molar-refractivity contribution >= 4 is 23.9 Å². The number of ether oxygens (including phenoxy) is 2. The Morgan fingerprint density at radius 2 is 1.14 bits per heavy atom. The number of aliphatic carboxylic acids is 2. The van der Waals surface area contributed by atoms with Crippen LogP contribution in [0.4, 0.5) is 0 Å². The molecule has 164 valence electrons. The topological polar surface area (TPSA) is 127 Å². The Hall–Kier alpha value is -2.12. The highest BCUT2D eigenvalue weighted by Gasteiger charge is 2.46. The zero-order chi connectivity index (χ0) is 22.0. The smallest absolute Gasteiger partial charge is 0.323 e. The minimum atomic E-state index is -1.31. The van der Waals surface area contributed by atoms with Gasteiger partial charge in [-0.15, -0.1) is 0 Å². The number of esters is 2. The van der Waals surface area contributed by atoms with Crippen LogP contribution in [-0.4, -0.2) is 47.3 Å². The van der Waals surface area contributed by atoms with Gasteiger partial charge in [0.15, 0.2) is 5.41 Å². The van der Waals surface area contributed by atoms with E-state index in [0.717, 1.165) is 19.3 Å². The number of carbonyl (C=O) groups excluding carboxylic acids is 2. The van der Waals surface area contributed by atoms with E-state index in [1.165, 1.54) is 19.3 Å². The lowest BCUT2D eigenvalue weighted by Crippen LogP contribution is -2.41. The summed E-state index contributed by atoms with van der Waals surface area (Å²) in [7, 11) is 0. The van der Waals surface area contributed by atoms with Crippen LogP contribution in [0.15, 0.2) is 0 Å². The fraction of sp³-hybridized carbons (Fsp3) is 0.800. The van der Waals surface area contributed by atoms with Gasteiger partial charge in [0.05, 0.1) is 13.2 Å². The largest absolute Gasteiger partial charge is 0.481 e. The zero-order valence-electron chi connectivity index (χ0n) is 17.6. The molecule has 0 unspecified atom stereocenters. The lowest BCUT2D eigenvalue weighted by molar-refractivity contribution is -0.173. The van der Waals surface area contributed by atoms with Crippen molar-refractivity contribution in [2.75, 3.05) is 13.2 Å². The normalized spacial score (nSPS) is 10.4. The van der Waals surface area contributed by atoms with Gasteiger partial charge in [-0.1, -0.05) is 52.4 Å². The Bertz CT molecular complexity index is 443. The van der Waals surface area contributed by atoms with Crippen molar-refractivity contribution in [3.05, 3.63) is 0 Å². The molecule has 0 spiro atoms. The third kappa shape index (κ3) is 12.3. The quantitative estimate of drug-likeness (QED) is 0.254. The molecule has 0 aromatic heterocycles. The lowest BCUT2D eigenvalue weighted by Gasteiger charge is -2.27. The number of hydrogen-bond acceptors (Lipinski definition) is 6. The molecule has 0 aliphatic carbocycles. The molecule has 0 fully saturated rings. The van der Waals surface area contributed by atoms with E-state index in [1.807, 2.05) is 6.92 Å². The summed E-state index contributed by atoms with van der Waals surface area (Å²) in [5.74, 6) is -3.49. The van der Waals surface area contributed by atoms with E-state index in [-0.39, 0.29) is 13.2 Å². The van der Waals surface area contributed by atoms with E-state index in [2.05, 4.69) is 6.92 Å². The van der Waals surface area contributed by atoms with Crippen LogP contribution in [0, 0.1) is 5.41 Å². The third-order valence-corrected chi connectivity index (χ3v) is 4.20. The fourth-order valence-electron chi connectivity index (χ4n) is 2.63. The van der Waals surface area contributed by atoms with Crippen molar-refractivity contribution in [1.29, 1.82) is 0 Å². The van der Waals surface area contributed by atoms with Gasteiger partial charge in [-0.3, -0.25) is 19.2 Å². The van der Waals surface area contributed by atoms with Crippen LogP contribution in [0.25, 0.3) is 0 Å². The molecule has 0 aliphatic heterocycles. The third-order valence-electron chi connectivity index (χ3n) is 4.20. The SMILES string of the molecule is CCCCCCCCC(CC)(C(=O)OCC)C(=O)OCC.O=C(O)CC(=O)O. The maximum atomic E-state index is 12.3. The van der Waals surface area contributed by atoms with Crippen molar-refractivity contribution in [3.63, 3.8) is 0 Å². The second-order valence-corrected chi connectivity index (χ2v) is 6.36. The van der Waals surface area contributed by atoms with Gasteiger partial charge in [0.25, 0.3) is 0 Å². The molecule has 0 heterocycles. The Balaban J connectivity index is 0. The van der Waals surface area contributed by atoms with Gasteiger partial charge in [-0.05, 0) is 26.7 Å². The first-order valence-corrected chi connectivity index (χ1v) is 9.99. The molecule has 0 aromatic rings. The number of carbonyl (C=O) groups is 4. The number of carboxylic acids is 2. The van der Waals surface area contributed by atoms with Crippen LogP contribution in [0.5, 0.6) is 0 Å². The van der Waals surface area contributed by atoms with Gasteiger partial charge < -0.3 is 19.7 Å². The van der Waals surface area contributed by atoms with Gasteiger partial charge in [-0.25, -0.2) is 0 Å². The van der Waals surface area contributed by atoms with Gasteiger partial charge in [0.2, 0.25) is 0 Å². The Labute approximate surface area is 167 Å². The van der Waals surface area contributed by atoms with Crippen LogP contribution in [0.2, 0.25) is 0 Å². The summed E-state index contributed by atoms with van der Waals surface area (Å²) in [5, 5.41) is 15.4. The average molecular weight is 405 g/mol. The van der Waals surface area contributed by atoms with Gasteiger partial charge in [0, 0.05) is 0 Å². The van der Waals surface area contributed by atoms with Gasteiger partial charge in [0.1, 0.15) is 6.42 Å². The minimum absolute atomic E-state index is 0.288. The highest BCUT2D eigenvalue weighted by atomic mass is 16.6. The Morgan fingerprint density at radius 3 is 1.46 bits per heavy atom. The van der Waals surface area contributed by atoms with Crippen molar-refractivity contribution < 1.29 is 38.9 Å². The number of rotatable bonds is 14. The van der Waals surface area contributed by atoms with Crippen molar-refractivity contribution in [2.45, 2.75) is 85.5 Å². The van der Waals surface area contributed by atoms with Gasteiger partial charge >= 0.3 is 23.9 Å². The first kappa shape index (κ1) is 28.1. The lowest BCUT2D eigenvalue weighted by atomic mass is 9.80. The van der Waals surface area contributed by atoms with Crippen molar-refractivity contribution in [3.8, 4) is 0 Å². The molecule has 0 aromatic carbocycles. The predicted octanol–water partition coefficient (Wildman–Crippen LogP) is 3.81. The maximum absolute atomic E-state index is 12.3. The van der Waals surface area contributed by atoms with Gasteiger partial charge in [-0.2, -0.15) is 0 Å². The van der Waals surface area contributed by atoms with Crippen molar-refractivity contribution in [1.82, 2.24) is 0 Å². The molecule has 28 heavy (non-hydrogen) atoms. The summed E-state index contributed by atoms with van der Waals surface area (Å²) in [6.45, 7) is 8.13. The Morgan fingerprint density at radius 1 is 0.714 bits per heavy atom. The summed E-state index contributed by atoms with van der Waals surface area (Å²) in [6.07, 6.45) is 6.87. The molecule has 0 atom stereocenters. The molecule has 0 bridgehead atoms.